The van der Waals surface area contributed by atoms with Crippen LogP contribution in [0.4, 0.5) is 5.69 Å². The van der Waals surface area contributed by atoms with Crippen molar-refractivity contribution >= 4 is 17.5 Å². The molecule has 3 rings (SSSR count). The van der Waals surface area contributed by atoms with E-state index in [0.29, 0.717) is 36.7 Å². The Morgan fingerprint density at radius 3 is 2.75 bits per heavy atom. The van der Waals surface area contributed by atoms with E-state index in [0.717, 1.165) is 23.3 Å². The predicted molar refractivity (Wildman–Crippen MR) is 111 cm³/mol. The normalized spacial score (nSPS) is 15.5. The highest BCUT2D eigenvalue weighted by atomic mass is 16.5. The van der Waals surface area contributed by atoms with Crippen molar-refractivity contribution in [3.8, 4) is 5.75 Å². The van der Waals surface area contributed by atoms with Crippen LogP contribution in [0.5, 0.6) is 5.75 Å². The monoisotopic (exact) mass is 380 g/mol. The van der Waals surface area contributed by atoms with Crippen LogP contribution in [0.2, 0.25) is 0 Å². The van der Waals surface area contributed by atoms with E-state index in [-0.39, 0.29) is 17.7 Å². The molecule has 2 aromatic rings. The number of carbonyl (C=O) groups excluding carboxylic acids is 2. The predicted octanol–water partition coefficient (Wildman–Crippen LogP) is 3.96. The lowest BCUT2D eigenvalue weighted by Crippen LogP contribution is -2.38. The van der Waals surface area contributed by atoms with Gasteiger partial charge < -0.3 is 15.4 Å². The van der Waals surface area contributed by atoms with Gasteiger partial charge in [-0.15, -0.1) is 0 Å². The van der Waals surface area contributed by atoms with Gasteiger partial charge in [0.1, 0.15) is 12.4 Å². The van der Waals surface area contributed by atoms with Gasteiger partial charge in [0.05, 0.1) is 5.92 Å². The van der Waals surface area contributed by atoms with E-state index in [1.807, 2.05) is 43.3 Å². The second-order valence-electron chi connectivity index (χ2n) is 7.83. The SMILES string of the molecule is Cc1cccc(C(=O)Nc2ccc3c(c2)CC(C(=O)NCCC(C)C)CO3)c1. The summed E-state index contributed by atoms with van der Waals surface area (Å²) in [4.78, 5) is 24.9. The summed E-state index contributed by atoms with van der Waals surface area (Å²) in [5, 5.41) is 5.93. The molecule has 5 heteroatoms. The summed E-state index contributed by atoms with van der Waals surface area (Å²) in [6, 6.07) is 13.1. The summed E-state index contributed by atoms with van der Waals surface area (Å²) in [6.45, 7) is 7.30. The number of rotatable bonds is 6. The van der Waals surface area contributed by atoms with Crippen molar-refractivity contribution < 1.29 is 14.3 Å². The van der Waals surface area contributed by atoms with Crippen molar-refractivity contribution in [2.45, 2.75) is 33.6 Å². The number of nitrogens with one attached hydrogen (secondary N) is 2. The van der Waals surface area contributed by atoms with E-state index in [1.54, 1.807) is 6.07 Å². The van der Waals surface area contributed by atoms with E-state index in [4.69, 9.17) is 4.74 Å². The minimum atomic E-state index is -0.206. The zero-order valence-electron chi connectivity index (χ0n) is 16.7. The molecule has 1 unspecified atom stereocenters. The first kappa shape index (κ1) is 19.9. The van der Waals surface area contributed by atoms with Gasteiger partial charge in [0.15, 0.2) is 0 Å². The highest BCUT2D eigenvalue weighted by molar-refractivity contribution is 6.04. The third kappa shape index (κ3) is 5.12. The maximum absolute atomic E-state index is 12.5. The molecular weight excluding hydrogens is 352 g/mol. The molecule has 148 valence electrons. The van der Waals surface area contributed by atoms with Crippen molar-refractivity contribution in [3.63, 3.8) is 0 Å². The van der Waals surface area contributed by atoms with Crippen molar-refractivity contribution in [3.05, 3.63) is 59.2 Å². The van der Waals surface area contributed by atoms with E-state index < -0.39 is 0 Å². The van der Waals surface area contributed by atoms with Crippen LogP contribution in [0.15, 0.2) is 42.5 Å². The number of benzene rings is 2. The fourth-order valence-corrected chi connectivity index (χ4v) is 3.26. The number of hydrogen-bond acceptors (Lipinski definition) is 3. The molecule has 0 spiro atoms. The minimum Gasteiger partial charge on any atom is -0.492 e. The van der Waals surface area contributed by atoms with Gasteiger partial charge in [-0.1, -0.05) is 31.5 Å². The first-order chi connectivity index (χ1) is 13.4. The molecule has 1 heterocycles. The second kappa shape index (κ2) is 8.91. The molecular formula is C23H28N2O3. The molecule has 5 nitrogen and oxygen atoms in total. The molecule has 0 fully saturated rings. The van der Waals surface area contributed by atoms with Gasteiger partial charge in [-0.05, 0) is 61.6 Å². The topological polar surface area (TPSA) is 67.4 Å². The maximum Gasteiger partial charge on any atom is 0.255 e. The van der Waals surface area contributed by atoms with Crippen LogP contribution in [-0.2, 0) is 11.2 Å². The molecule has 0 saturated heterocycles. The Balaban J connectivity index is 1.64. The van der Waals surface area contributed by atoms with Gasteiger partial charge in [-0.25, -0.2) is 0 Å². The molecule has 28 heavy (non-hydrogen) atoms. The third-order valence-corrected chi connectivity index (χ3v) is 4.90. The molecule has 2 aromatic carbocycles. The molecule has 2 N–H and O–H groups in total. The lowest BCUT2D eigenvalue weighted by atomic mass is 9.95. The van der Waals surface area contributed by atoms with Gasteiger partial charge >= 0.3 is 0 Å². The Bertz CT molecular complexity index is 861. The molecule has 1 aliphatic heterocycles. The van der Waals surface area contributed by atoms with Crippen LogP contribution in [0.3, 0.4) is 0 Å². The third-order valence-electron chi connectivity index (χ3n) is 4.90. The largest absolute Gasteiger partial charge is 0.492 e. The lowest BCUT2D eigenvalue weighted by molar-refractivity contribution is -0.126. The first-order valence-corrected chi connectivity index (χ1v) is 9.84. The second-order valence-corrected chi connectivity index (χ2v) is 7.83. The smallest absolute Gasteiger partial charge is 0.255 e. The average Bonchev–Trinajstić information content (AvgIpc) is 2.67. The van der Waals surface area contributed by atoms with Crippen LogP contribution in [-0.4, -0.2) is 25.0 Å². The Labute approximate surface area is 166 Å². The molecule has 0 aliphatic carbocycles. The summed E-state index contributed by atoms with van der Waals surface area (Å²) < 4.78 is 5.77. The standard InChI is InChI=1S/C23H28N2O3/c1-15(2)9-10-24-22(26)19-12-18-13-20(7-8-21(18)28-14-19)25-23(27)17-6-4-5-16(3)11-17/h4-8,11,13,15,19H,9-10,12,14H2,1-3H3,(H,24,26)(H,25,27). The number of hydrogen-bond donors (Lipinski definition) is 2. The van der Waals surface area contributed by atoms with E-state index in [1.165, 1.54) is 0 Å². The Hall–Kier alpha value is -2.82. The lowest BCUT2D eigenvalue weighted by Gasteiger charge is -2.25. The van der Waals surface area contributed by atoms with Crippen molar-refractivity contribution in [1.29, 1.82) is 0 Å². The molecule has 0 aromatic heterocycles. The molecule has 0 saturated carbocycles. The molecule has 1 atom stereocenters. The number of aryl methyl sites for hydroxylation is 1. The average molecular weight is 380 g/mol. The highest BCUT2D eigenvalue weighted by Gasteiger charge is 2.26. The minimum absolute atomic E-state index is 0.0282. The van der Waals surface area contributed by atoms with Gasteiger partial charge in [-0.3, -0.25) is 9.59 Å². The van der Waals surface area contributed by atoms with E-state index in [2.05, 4.69) is 24.5 Å². The first-order valence-electron chi connectivity index (χ1n) is 9.84. The number of fused-ring (bicyclic) bond motifs is 1. The van der Waals surface area contributed by atoms with Crippen molar-refractivity contribution in [2.75, 3.05) is 18.5 Å². The van der Waals surface area contributed by atoms with Crippen LogP contribution in [0.1, 0.15) is 41.8 Å². The Kier molecular flexibility index (Phi) is 6.34. The van der Waals surface area contributed by atoms with Crippen LogP contribution in [0.25, 0.3) is 0 Å². The zero-order valence-corrected chi connectivity index (χ0v) is 16.7. The van der Waals surface area contributed by atoms with Gasteiger partial charge in [0.25, 0.3) is 5.91 Å². The highest BCUT2D eigenvalue weighted by Crippen LogP contribution is 2.30. The van der Waals surface area contributed by atoms with Gasteiger partial charge in [0, 0.05) is 17.8 Å². The summed E-state index contributed by atoms with van der Waals surface area (Å²) in [5.41, 5.74) is 3.31. The fourth-order valence-electron chi connectivity index (χ4n) is 3.26. The summed E-state index contributed by atoms with van der Waals surface area (Å²) >= 11 is 0. The summed E-state index contributed by atoms with van der Waals surface area (Å²) in [5.74, 6) is 1.01. The molecule has 1 aliphatic rings. The fraction of sp³-hybridized carbons (Fsp3) is 0.391. The number of anilines is 1. The Morgan fingerprint density at radius 1 is 1.18 bits per heavy atom. The molecule has 0 radical (unpaired) electrons. The number of ether oxygens (including phenoxy) is 1. The summed E-state index contributed by atoms with van der Waals surface area (Å²) in [7, 11) is 0. The molecule has 2 amide bonds. The number of amides is 2. The van der Waals surface area contributed by atoms with E-state index >= 15 is 0 Å². The zero-order chi connectivity index (χ0) is 20.1. The van der Waals surface area contributed by atoms with Crippen molar-refractivity contribution in [1.82, 2.24) is 5.32 Å². The van der Waals surface area contributed by atoms with Crippen LogP contribution >= 0.6 is 0 Å². The summed E-state index contributed by atoms with van der Waals surface area (Å²) in [6.07, 6.45) is 1.57. The number of carbonyl (C=O) groups is 2. The van der Waals surface area contributed by atoms with Crippen LogP contribution < -0.4 is 15.4 Å². The molecule has 0 bridgehead atoms. The maximum atomic E-state index is 12.5. The van der Waals surface area contributed by atoms with Gasteiger partial charge in [0.2, 0.25) is 5.91 Å². The van der Waals surface area contributed by atoms with Crippen molar-refractivity contribution in [2.24, 2.45) is 11.8 Å². The quantitative estimate of drug-likeness (QED) is 0.797. The van der Waals surface area contributed by atoms with Crippen LogP contribution in [0, 0.1) is 18.8 Å². The van der Waals surface area contributed by atoms with Gasteiger partial charge in [-0.2, -0.15) is 0 Å². The Morgan fingerprint density at radius 2 is 2.00 bits per heavy atom. The van der Waals surface area contributed by atoms with E-state index in [9.17, 15) is 9.59 Å².